The molecule has 1 saturated heterocycles. The number of pyridine rings is 1. The fraction of sp³-hybridized carbons (Fsp3) is 0.360. The van der Waals surface area contributed by atoms with E-state index in [1.54, 1.807) is 4.52 Å². The Hall–Kier alpha value is -3.52. The number of ether oxygens (including phenoxy) is 2. The van der Waals surface area contributed by atoms with E-state index in [-0.39, 0.29) is 12.0 Å². The molecule has 0 spiro atoms. The quantitative estimate of drug-likeness (QED) is 0.430. The Morgan fingerprint density at radius 1 is 1.24 bits per heavy atom. The first-order valence-electron chi connectivity index (χ1n) is 11.4. The molecule has 8 heteroatoms. The molecule has 1 fully saturated rings. The van der Waals surface area contributed by atoms with E-state index in [0.29, 0.717) is 36.7 Å². The minimum absolute atomic E-state index is 0.0166. The van der Waals surface area contributed by atoms with Crippen LogP contribution in [0.1, 0.15) is 41.3 Å². The van der Waals surface area contributed by atoms with Gasteiger partial charge in [-0.1, -0.05) is 23.8 Å². The lowest BCUT2D eigenvalue weighted by Crippen LogP contribution is -2.37. The molecule has 2 aromatic heterocycles. The van der Waals surface area contributed by atoms with Crippen molar-refractivity contribution >= 4 is 22.5 Å². The van der Waals surface area contributed by atoms with Crippen LogP contribution in [0.2, 0.25) is 0 Å². The van der Waals surface area contributed by atoms with E-state index in [2.05, 4.69) is 34.6 Å². The Morgan fingerprint density at radius 3 is 2.94 bits per heavy atom. The lowest BCUT2D eigenvalue weighted by atomic mass is 10.1. The molecule has 170 valence electrons. The van der Waals surface area contributed by atoms with Gasteiger partial charge in [-0.2, -0.15) is 4.52 Å². The maximum absolute atomic E-state index is 13.8. The number of aryl methyl sites for hydroxylation is 1. The summed E-state index contributed by atoms with van der Waals surface area (Å²) in [5.41, 5.74) is 4.17. The van der Waals surface area contributed by atoms with Crippen LogP contribution < -0.4 is 4.74 Å². The first-order valence-corrected chi connectivity index (χ1v) is 11.4. The van der Waals surface area contributed by atoms with Gasteiger partial charge in [0.2, 0.25) is 0 Å². The highest BCUT2D eigenvalue weighted by atomic mass is 16.5. The second kappa shape index (κ2) is 9.15. The molecule has 0 aliphatic carbocycles. The molecule has 0 radical (unpaired) electrons. The van der Waals surface area contributed by atoms with E-state index in [9.17, 15) is 4.79 Å². The van der Waals surface area contributed by atoms with Crippen molar-refractivity contribution in [3.63, 3.8) is 0 Å². The van der Waals surface area contributed by atoms with Crippen molar-refractivity contribution in [3.8, 4) is 5.75 Å². The molecule has 1 aliphatic rings. The van der Waals surface area contributed by atoms with E-state index in [0.717, 1.165) is 41.5 Å². The molecule has 33 heavy (non-hydrogen) atoms. The Balaban J connectivity index is 1.55. The second-order valence-electron chi connectivity index (χ2n) is 8.40. The van der Waals surface area contributed by atoms with E-state index < -0.39 is 0 Å². The summed E-state index contributed by atoms with van der Waals surface area (Å²) in [6.07, 6.45) is 1.97. The van der Waals surface area contributed by atoms with Gasteiger partial charge in [0.15, 0.2) is 5.65 Å². The number of fused-ring (bicyclic) bond motifs is 3. The minimum atomic E-state index is -0.0930. The van der Waals surface area contributed by atoms with Crippen LogP contribution in [0, 0.1) is 6.92 Å². The highest BCUT2D eigenvalue weighted by molar-refractivity contribution is 5.97. The zero-order valence-corrected chi connectivity index (χ0v) is 18.9. The highest BCUT2D eigenvalue weighted by Gasteiger charge is 2.26. The number of tetrazole rings is 1. The highest BCUT2D eigenvalue weighted by Crippen LogP contribution is 2.26. The molecule has 1 amide bonds. The van der Waals surface area contributed by atoms with Crippen molar-refractivity contribution in [2.45, 2.75) is 39.3 Å². The van der Waals surface area contributed by atoms with Crippen molar-refractivity contribution in [1.29, 1.82) is 0 Å². The first-order chi connectivity index (χ1) is 16.1. The van der Waals surface area contributed by atoms with Crippen LogP contribution in [-0.4, -0.2) is 56.7 Å². The summed E-state index contributed by atoms with van der Waals surface area (Å²) >= 11 is 0. The Bertz CT molecular complexity index is 1300. The fourth-order valence-electron chi connectivity index (χ4n) is 4.45. The first kappa shape index (κ1) is 21.3. The summed E-state index contributed by atoms with van der Waals surface area (Å²) in [6.45, 7) is 6.06. The average Bonchev–Trinajstić information content (AvgIpc) is 3.51. The van der Waals surface area contributed by atoms with Crippen LogP contribution in [-0.2, 0) is 11.3 Å². The summed E-state index contributed by atoms with van der Waals surface area (Å²) in [5, 5.41) is 13.4. The molecule has 4 aromatic rings. The molecule has 0 N–H and O–H groups in total. The number of nitrogens with zero attached hydrogens (tertiary/aromatic N) is 5. The molecule has 5 rings (SSSR count). The van der Waals surface area contributed by atoms with Crippen molar-refractivity contribution in [2.24, 2.45) is 0 Å². The summed E-state index contributed by atoms with van der Waals surface area (Å²) in [6, 6.07) is 15.6. The van der Waals surface area contributed by atoms with Crippen LogP contribution in [0.15, 0.2) is 48.5 Å². The Kier molecular flexibility index (Phi) is 5.92. The van der Waals surface area contributed by atoms with Gasteiger partial charge in [0.1, 0.15) is 5.75 Å². The topological polar surface area (TPSA) is 81.9 Å². The molecule has 1 atom stereocenters. The van der Waals surface area contributed by atoms with Crippen LogP contribution >= 0.6 is 0 Å². The zero-order valence-electron chi connectivity index (χ0n) is 18.9. The monoisotopic (exact) mass is 445 g/mol. The molecule has 0 saturated carbocycles. The molecular weight excluding hydrogens is 418 g/mol. The van der Waals surface area contributed by atoms with E-state index >= 15 is 0 Å². The Labute approximate surface area is 192 Å². The molecule has 1 aliphatic heterocycles. The predicted octanol–water partition coefficient (Wildman–Crippen LogP) is 3.81. The third-order valence-corrected chi connectivity index (χ3v) is 6.01. The second-order valence-corrected chi connectivity index (χ2v) is 8.40. The SMILES string of the molecule is CCOc1ccccc1C(=O)N(Cc1cc2cc(C)ccc2n2nnnc12)C[C@@H]1CCCO1. The molecule has 8 nitrogen and oxygen atoms in total. The molecule has 0 bridgehead atoms. The third-order valence-electron chi connectivity index (χ3n) is 6.01. The van der Waals surface area contributed by atoms with Gasteiger partial charge in [0.05, 0.1) is 23.8 Å². The van der Waals surface area contributed by atoms with E-state index in [1.807, 2.05) is 48.2 Å². The standard InChI is InChI=1S/C25H27N5O3/c1-3-32-23-9-5-4-8-21(23)25(31)29(16-20-7-6-12-33-20)15-19-14-18-13-17(2)10-11-22(18)30-24(19)26-27-28-30/h4-5,8-11,13-14,20H,3,6-7,12,15-16H2,1-2H3/t20-/m0/s1. The van der Waals surface area contributed by atoms with Gasteiger partial charge in [0.25, 0.3) is 5.91 Å². The van der Waals surface area contributed by atoms with Gasteiger partial charge < -0.3 is 14.4 Å². The maximum atomic E-state index is 13.8. The third kappa shape index (κ3) is 4.26. The van der Waals surface area contributed by atoms with Crippen LogP contribution in [0.25, 0.3) is 16.6 Å². The van der Waals surface area contributed by atoms with Gasteiger partial charge in [-0.25, -0.2) is 0 Å². The van der Waals surface area contributed by atoms with E-state index in [4.69, 9.17) is 9.47 Å². The van der Waals surface area contributed by atoms with E-state index in [1.165, 1.54) is 0 Å². The number of rotatable bonds is 7. The maximum Gasteiger partial charge on any atom is 0.258 e. The minimum Gasteiger partial charge on any atom is -0.493 e. The number of para-hydroxylation sites is 1. The van der Waals surface area contributed by atoms with Crippen molar-refractivity contribution < 1.29 is 14.3 Å². The number of carbonyl (C=O) groups excluding carboxylic acids is 1. The lowest BCUT2D eigenvalue weighted by molar-refractivity contribution is 0.0505. The van der Waals surface area contributed by atoms with Crippen LogP contribution in [0.5, 0.6) is 5.75 Å². The number of amides is 1. The van der Waals surface area contributed by atoms with Gasteiger partial charge in [-0.15, -0.1) is 5.10 Å². The van der Waals surface area contributed by atoms with Crippen molar-refractivity contribution in [1.82, 2.24) is 24.9 Å². The number of aromatic nitrogens is 4. The van der Waals surface area contributed by atoms with Gasteiger partial charge >= 0.3 is 0 Å². The Morgan fingerprint density at radius 2 is 2.12 bits per heavy atom. The van der Waals surface area contributed by atoms with Gasteiger partial charge in [-0.3, -0.25) is 4.79 Å². The van der Waals surface area contributed by atoms with Crippen LogP contribution in [0.4, 0.5) is 0 Å². The number of hydrogen-bond acceptors (Lipinski definition) is 6. The molecular formula is C25H27N5O3. The molecule has 0 unspecified atom stereocenters. The zero-order chi connectivity index (χ0) is 22.8. The van der Waals surface area contributed by atoms with Gasteiger partial charge in [0, 0.05) is 30.6 Å². The normalized spacial score (nSPS) is 15.9. The summed E-state index contributed by atoms with van der Waals surface area (Å²) in [4.78, 5) is 15.6. The van der Waals surface area contributed by atoms with Crippen molar-refractivity contribution in [3.05, 3.63) is 65.2 Å². The number of benzene rings is 2. The van der Waals surface area contributed by atoms with Gasteiger partial charge in [-0.05, 0) is 67.4 Å². The summed E-state index contributed by atoms with van der Waals surface area (Å²) < 4.78 is 13.4. The smallest absolute Gasteiger partial charge is 0.258 e. The fourth-order valence-corrected chi connectivity index (χ4v) is 4.45. The summed E-state index contributed by atoms with van der Waals surface area (Å²) in [5.74, 6) is 0.496. The molecule has 2 aromatic carbocycles. The van der Waals surface area contributed by atoms with Crippen LogP contribution in [0.3, 0.4) is 0 Å². The average molecular weight is 446 g/mol. The van der Waals surface area contributed by atoms with Crippen molar-refractivity contribution in [2.75, 3.05) is 19.8 Å². The number of hydrogen-bond donors (Lipinski definition) is 0. The largest absolute Gasteiger partial charge is 0.493 e. The lowest BCUT2D eigenvalue weighted by Gasteiger charge is -2.26. The molecule has 3 heterocycles. The summed E-state index contributed by atoms with van der Waals surface area (Å²) in [7, 11) is 0. The predicted molar refractivity (Wildman–Crippen MR) is 124 cm³/mol. The number of carbonyl (C=O) groups is 1.